The fourth-order valence-corrected chi connectivity index (χ4v) is 4.90. The van der Waals surface area contributed by atoms with Crippen LogP contribution in [0.5, 0.6) is 0 Å². The molecule has 0 atom stereocenters. The van der Waals surface area contributed by atoms with Crippen LogP contribution in [0.25, 0.3) is 10.1 Å². The molecule has 0 unspecified atom stereocenters. The number of nitrogens with zero attached hydrogens (tertiary/aromatic N) is 1. The highest BCUT2D eigenvalue weighted by atomic mass is 32.1. The van der Waals surface area contributed by atoms with Crippen molar-refractivity contribution in [3.63, 3.8) is 0 Å². The van der Waals surface area contributed by atoms with Gasteiger partial charge in [0.05, 0.1) is 15.3 Å². The zero-order chi connectivity index (χ0) is 16.5. The molecule has 2 heterocycles. The van der Waals surface area contributed by atoms with Crippen LogP contribution in [0.1, 0.15) is 43.0 Å². The molecular formula is C21H26N2S. The second-order valence-electron chi connectivity index (χ2n) is 7.34. The number of hydrogen-bond acceptors (Lipinski definition) is 3. The van der Waals surface area contributed by atoms with Crippen LogP contribution in [0.4, 0.5) is 5.69 Å². The molecule has 1 aromatic heterocycles. The number of hydrogen-bond donors (Lipinski definition) is 1. The first-order valence-electron chi connectivity index (χ1n) is 9.17. The van der Waals surface area contributed by atoms with E-state index in [1.165, 1.54) is 71.4 Å². The van der Waals surface area contributed by atoms with Crippen molar-refractivity contribution < 1.29 is 0 Å². The highest BCUT2D eigenvalue weighted by Crippen LogP contribution is 2.41. The zero-order valence-corrected chi connectivity index (χ0v) is 15.5. The van der Waals surface area contributed by atoms with Crippen LogP contribution in [-0.4, -0.2) is 31.1 Å². The molecule has 2 aromatic rings. The lowest BCUT2D eigenvalue weighted by molar-refractivity contribution is 0.264. The third-order valence-corrected chi connectivity index (χ3v) is 6.52. The van der Waals surface area contributed by atoms with Gasteiger partial charge in [0.25, 0.3) is 0 Å². The molecule has 1 saturated heterocycles. The van der Waals surface area contributed by atoms with Crippen molar-refractivity contribution in [3.8, 4) is 11.8 Å². The Bertz CT molecular complexity index is 783. The van der Waals surface area contributed by atoms with E-state index in [1.54, 1.807) is 0 Å². The molecule has 126 valence electrons. The standard InChI is InChI=1S/C21H26N2S/c1-3-5-20-18(14-15-8-9-15)17-6-4-7-19(21(17)24-20)22-16-10-12-23(2)13-11-16/h4,6-7,15-16,22H,8-14H2,1-2H3. The molecule has 24 heavy (non-hydrogen) atoms. The van der Waals surface area contributed by atoms with Gasteiger partial charge in [0.15, 0.2) is 0 Å². The van der Waals surface area contributed by atoms with Gasteiger partial charge in [0, 0.05) is 6.04 Å². The van der Waals surface area contributed by atoms with E-state index < -0.39 is 0 Å². The summed E-state index contributed by atoms with van der Waals surface area (Å²) in [5, 5.41) is 5.26. The summed E-state index contributed by atoms with van der Waals surface area (Å²) in [6.45, 7) is 4.33. The zero-order valence-electron chi connectivity index (χ0n) is 14.7. The summed E-state index contributed by atoms with van der Waals surface area (Å²) in [6, 6.07) is 7.36. The number of fused-ring (bicyclic) bond motifs is 1. The highest BCUT2D eigenvalue weighted by molar-refractivity contribution is 7.20. The SMILES string of the molecule is CC#Cc1sc2c(NC3CCN(C)CC3)cccc2c1CC1CC1. The summed E-state index contributed by atoms with van der Waals surface area (Å²) in [6.07, 6.45) is 6.46. The molecule has 0 spiro atoms. The van der Waals surface area contributed by atoms with Crippen LogP contribution < -0.4 is 5.32 Å². The fourth-order valence-electron chi connectivity index (χ4n) is 3.68. The second kappa shape index (κ2) is 6.78. The largest absolute Gasteiger partial charge is 0.381 e. The topological polar surface area (TPSA) is 15.3 Å². The molecule has 2 aliphatic rings. The Hall–Kier alpha value is -1.50. The summed E-state index contributed by atoms with van der Waals surface area (Å²) >= 11 is 1.89. The number of likely N-dealkylation sites (tertiary alicyclic amines) is 1. The van der Waals surface area contributed by atoms with Gasteiger partial charge in [0.2, 0.25) is 0 Å². The van der Waals surface area contributed by atoms with Gasteiger partial charge in [0.1, 0.15) is 0 Å². The first-order valence-corrected chi connectivity index (χ1v) is 9.98. The first-order chi connectivity index (χ1) is 11.7. The Balaban J connectivity index is 1.66. The van der Waals surface area contributed by atoms with Gasteiger partial charge >= 0.3 is 0 Å². The van der Waals surface area contributed by atoms with Crippen molar-refractivity contribution in [3.05, 3.63) is 28.6 Å². The fraction of sp³-hybridized carbons (Fsp3) is 0.524. The monoisotopic (exact) mass is 338 g/mol. The van der Waals surface area contributed by atoms with E-state index in [4.69, 9.17) is 0 Å². The Labute approximate surface area is 149 Å². The summed E-state index contributed by atoms with van der Waals surface area (Å²) in [4.78, 5) is 3.71. The molecule has 1 saturated carbocycles. The van der Waals surface area contributed by atoms with Gasteiger partial charge in [-0.3, -0.25) is 0 Å². The van der Waals surface area contributed by atoms with E-state index in [0.29, 0.717) is 6.04 Å². The normalized spacial score (nSPS) is 19.2. The Morgan fingerprint density at radius 2 is 2.00 bits per heavy atom. The second-order valence-corrected chi connectivity index (χ2v) is 8.36. The van der Waals surface area contributed by atoms with Crippen molar-refractivity contribution in [1.82, 2.24) is 4.90 Å². The lowest BCUT2D eigenvalue weighted by Gasteiger charge is -2.30. The number of benzene rings is 1. The lowest BCUT2D eigenvalue weighted by atomic mass is 10.0. The average Bonchev–Trinajstić information content (AvgIpc) is 3.33. The molecule has 1 aliphatic heterocycles. The van der Waals surface area contributed by atoms with Crippen molar-refractivity contribution in [2.75, 3.05) is 25.5 Å². The summed E-state index contributed by atoms with van der Waals surface area (Å²) < 4.78 is 1.41. The molecule has 0 bridgehead atoms. The minimum Gasteiger partial charge on any atom is -0.381 e. The first kappa shape index (κ1) is 16.0. The molecule has 1 aliphatic carbocycles. The van der Waals surface area contributed by atoms with Gasteiger partial charge in [-0.2, -0.15) is 0 Å². The molecule has 4 rings (SSSR count). The third-order valence-electron chi connectivity index (χ3n) is 5.32. The predicted octanol–water partition coefficient (Wildman–Crippen LogP) is 4.73. The Morgan fingerprint density at radius 1 is 1.21 bits per heavy atom. The molecule has 0 radical (unpaired) electrons. The van der Waals surface area contributed by atoms with Crippen LogP contribution in [0.3, 0.4) is 0 Å². The van der Waals surface area contributed by atoms with Crippen LogP contribution in [0.2, 0.25) is 0 Å². The van der Waals surface area contributed by atoms with Crippen LogP contribution in [-0.2, 0) is 6.42 Å². The molecule has 0 amide bonds. The molecule has 2 fully saturated rings. The maximum atomic E-state index is 3.83. The maximum absolute atomic E-state index is 3.83. The number of thiophene rings is 1. The van der Waals surface area contributed by atoms with E-state index in [9.17, 15) is 0 Å². The highest BCUT2D eigenvalue weighted by Gasteiger charge is 2.25. The minimum absolute atomic E-state index is 0.599. The lowest BCUT2D eigenvalue weighted by Crippen LogP contribution is -2.36. The molecular weight excluding hydrogens is 312 g/mol. The molecule has 1 N–H and O–H groups in total. The number of nitrogens with one attached hydrogen (secondary N) is 1. The van der Waals surface area contributed by atoms with E-state index in [-0.39, 0.29) is 0 Å². The van der Waals surface area contributed by atoms with Crippen molar-refractivity contribution in [1.29, 1.82) is 0 Å². The van der Waals surface area contributed by atoms with E-state index in [2.05, 4.69) is 47.3 Å². The summed E-state index contributed by atoms with van der Waals surface area (Å²) in [5.74, 6) is 7.38. The Morgan fingerprint density at radius 3 is 2.71 bits per heavy atom. The van der Waals surface area contributed by atoms with Crippen LogP contribution in [0.15, 0.2) is 18.2 Å². The quantitative estimate of drug-likeness (QED) is 0.811. The minimum atomic E-state index is 0.599. The van der Waals surface area contributed by atoms with Crippen LogP contribution >= 0.6 is 11.3 Å². The van der Waals surface area contributed by atoms with E-state index in [0.717, 1.165) is 5.92 Å². The maximum Gasteiger partial charge on any atom is 0.0813 e. The average molecular weight is 339 g/mol. The van der Waals surface area contributed by atoms with Gasteiger partial charge in [-0.15, -0.1) is 17.3 Å². The predicted molar refractivity (Wildman–Crippen MR) is 105 cm³/mol. The summed E-state index contributed by atoms with van der Waals surface area (Å²) in [7, 11) is 2.22. The van der Waals surface area contributed by atoms with Gasteiger partial charge in [-0.05, 0) is 82.1 Å². The number of rotatable bonds is 4. The third kappa shape index (κ3) is 3.31. The van der Waals surface area contributed by atoms with Crippen molar-refractivity contribution >= 4 is 27.1 Å². The molecule has 2 nitrogen and oxygen atoms in total. The van der Waals surface area contributed by atoms with Gasteiger partial charge < -0.3 is 10.2 Å². The van der Waals surface area contributed by atoms with Crippen molar-refractivity contribution in [2.45, 2.75) is 45.1 Å². The van der Waals surface area contributed by atoms with Gasteiger partial charge in [-0.1, -0.05) is 18.1 Å². The number of anilines is 1. The molecule has 1 aromatic carbocycles. The summed E-state index contributed by atoms with van der Waals surface area (Å²) in [5.41, 5.74) is 2.81. The van der Waals surface area contributed by atoms with Crippen LogP contribution in [0, 0.1) is 17.8 Å². The smallest absolute Gasteiger partial charge is 0.0813 e. The molecule has 3 heteroatoms. The Kier molecular flexibility index (Phi) is 4.52. The number of piperidine rings is 1. The van der Waals surface area contributed by atoms with Gasteiger partial charge in [-0.25, -0.2) is 0 Å². The van der Waals surface area contributed by atoms with E-state index in [1.807, 2.05) is 18.3 Å². The van der Waals surface area contributed by atoms with E-state index >= 15 is 0 Å². The van der Waals surface area contributed by atoms with Crippen molar-refractivity contribution in [2.24, 2.45) is 5.92 Å².